The van der Waals surface area contributed by atoms with Gasteiger partial charge in [0.15, 0.2) is 0 Å². The molecule has 0 radical (unpaired) electrons. The van der Waals surface area contributed by atoms with E-state index in [1.165, 1.54) is 11.1 Å². The molecule has 0 aliphatic carbocycles. The van der Waals surface area contributed by atoms with Crippen LogP contribution in [-0.4, -0.2) is 73.0 Å². The lowest BCUT2D eigenvalue weighted by Gasteiger charge is -2.32. The zero-order valence-electron chi connectivity index (χ0n) is 30.8. The molecule has 0 saturated carbocycles. The first kappa shape index (κ1) is 36.0. The molecule has 3 aromatic heterocycles. The Kier molecular flexibility index (Phi) is 10.4. The van der Waals surface area contributed by atoms with Crippen molar-refractivity contribution < 1.29 is 18.9 Å². The summed E-state index contributed by atoms with van der Waals surface area (Å²) in [5, 5.41) is 16.9. The van der Waals surface area contributed by atoms with E-state index in [1.54, 1.807) is 6.33 Å². The minimum Gasteiger partial charge on any atom is -0.374 e. The first-order chi connectivity index (χ1) is 25.5. The minimum atomic E-state index is -0.374. The molecular formula is C40H47N9O4. The van der Waals surface area contributed by atoms with Gasteiger partial charge < -0.3 is 20.1 Å². The average Bonchev–Trinajstić information content (AvgIpc) is 3.81. The molecule has 1 atom stereocenters. The SMILES string of the molecule is Cc1cc(-c2ncnn3cc(CCCN4CCC(c5ccc(NC6CCC(=O)NC6=O)cc5)CC4)cc23)ccc1CNC(=O)c1noc(C(C)(C)C)n1. The number of benzene rings is 2. The summed E-state index contributed by atoms with van der Waals surface area (Å²) in [6.45, 7) is 11.4. The second-order valence-electron chi connectivity index (χ2n) is 15.3. The maximum absolute atomic E-state index is 12.7. The number of hydrogen-bond acceptors (Lipinski definition) is 10. The topological polar surface area (TPSA) is 160 Å². The number of carbonyl (C=O) groups excluding carboxylic acids is 3. The molecule has 3 amide bonds. The highest BCUT2D eigenvalue weighted by molar-refractivity contribution is 6.01. The predicted octanol–water partition coefficient (Wildman–Crippen LogP) is 5.34. The first-order valence-electron chi connectivity index (χ1n) is 18.5. The average molecular weight is 718 g/mol. The van der Waals surface area contributed by atoms with Crippen LogP contribution in [0, 0.1) is 6.92 Å². The number of anilines is 1. The Balaban J connectivity index is 0.889. The highest BCUT2D eigenvalue weighted by Gasteiger charge is 2.27. The fourth-order valence-corrected chi connectivity index (χ4v) is 7.14. The van der Waals surface area contributed by atoms with Crippen LogP contribution in [0.3, 0.4) is 0 Å². The van der Waals surface area contributed by atoms with Crippen molar-refractivity contribution in [1.82, 2.24) is 40.3 Å². The normalized spacial score (nSPS) is 17.2. The van der Waals surface area contributed by atoms with Gasteiger partial charge in [0.25, 0.3) is 11.7 Å². The summed E-state index contributed by atoms with van der Waals surface area (Å²) in [5.74, 6) is 0.154. The molecule has 7 rings (SSSR count). The Labute approximate surface area is 308 Å². The van der Waals surface area contributed by atoms with E-state index in [9.17, 15) is 14.4 Å². The Morgan fingerprint density at radius 1 is 1.04 bits per heavy atom. The number of amides is 3. The number of nitrogens with zero attached hydrogens (tertiary/aromatic N) is 6. The van der Waals surface area contributed by atoms with E-state index in [-0.39, 0.29) is 35.0 Å². The molecule has 0 bridgehead atoms. The van der Waals surface area contributed by atoms with Crippen LogP contribution in [0.25, 0.3) is 16.8 Å². The van der Waals surface area contributed by atoms with Gasteiger partial charge >= 0.3 is 0 Å². The summed E-state index contributed by atoms with van der Waals surface area (Å²) in [6.07, 6.45) is 8.84. The first-order valence-corrected chi connectivity index (χ1v) is 18.5. The maximum atomic E-state index is 12.7. The molecule has 2 aliphatic heterocycles. The number of aryl methyl sites for hydroxylation is 2. The lowest BCUT2D eigenvalue weighted by atomic mass is 9.89. The highest BCUT2D eigenvalue weighted by Crippen LogP contribution is 2.30. The monoisotopic (exact) mass is 717 g/mol. The lowest BCUT2D eigenvalue weighted by molar-refractivity contribution is -0.133. The standard InChI is InChI=1S/C40H47N9O4/c1-25-20-29(7-8-30(25)22-41-38(52)36-46-39(53-47-36)40(2,3)4)35-33-21-26(23-49(33)43-24-42-35)6-5-17-48-18-15-28(16-19-48)27-9-11-31(12-10-27)44-32-13-14-34(50)45-37(32)51/h7-12,20-21,23-24,28,32,44H,5-6,13-19,22H2,1-4H3,(H,41,52)(H,45,50,51). The van der Waals surface area contributed by atoms with Crippen LogP contribution in [0.1, 0.15) is 97.6 Å². The van der Waals surface area contributed by atoms with Gasteiger partial charge in [-0.25, -0.2) is 9.50 Å². The van der Waals surface area contributed by atoms with Gasteiger partial charge in [-0.1, -0.05) is 50.2 Å². The van der Waals surface area contributed by atoms with E-state index in [2.05, 4.69) is 71.5 Å². The molecule has 5 aromatic rings. The number of piperidine rings is 2. The third-order valence-corrected chi connectivity index (χ3v) is 10.3. The highest BCUT2D eigenvalue weighted by atomic mass is 16.5. The quantitative estimate of drug-likeness (QED) is 0.152. The number of hydrogen-bond donors (Lipinski definition) is 3. The third-order valence-electron chi connectivity index (χ3n) is 10.3. The smallest absolute Gasteiger partial charge is 0.292 e. The van der Waals surface area contributed by atoms with Crippen molar-refractivity contribution >= 4 is 28.9 Å². The fourth-order valence-electron chi connectivity index (χ4n) is 7.14. The molecule has 2 aromatic carbocycles. The summed E-state index contributed by atoms with van der Waals surface area (Å²) in [6, 6.07) is 16.4. The number of likely N-dealkylation sites (tertiary alicyclic amines) is 1. The maximum Gasteiger partial charge on any atom is 0.292 e. The number of aromatic nitrogens is 5. The van der Waals surface area contributed by atoms with Gasteiger partial charge in [0.05, 0.1) is 11.2 Å². The Morgan fingerprint density at radius 3 is 2.55 bits per heavy atom. The molecule has 276 valence electrons. The zero-order chi connectivity index (χ0) is 37.1. The minimum absolute atomic E-state index is 0.0310. The lowest BCUT2D eigenvalue weighted by Crippen LogP contribution is -2.47. The van der Waals surface area contributed by atoms with Crippen molar-refractivity contribution in [2.24, 2.45) is 0 Å². The van der Waals surface area contributed by atoms with E-state index < -0.39 is 0 Å². The van der Waals surface area contributed by atoms with Crippen LogP contribution < -0.4 is 16.0 Å². The number of rotatable bonds is 11. The second-order valence-corrected chi connectivity index (χ2v) is 15.3. The van der Waals surface area contributed by atoms with Gasteiger partial charge in [-0.05, 0) is 111 Å². The van der Waals surface area contributed by atoms with E-state index >= 15 is 0 Å². The van der Waals surface area contributed by atoms with Crippen molar-refractivity contribution in [3.8, 4) is 11.3 Å². The summed E-state index contributed by atoms with van der Waals surface area (Å²) in [7, 11) is 0. The molecule has 5 heterocycles. The van der Waals surface area contributed by atoms with E-state index in [0.717, 1.165) is 78.9 Å². The predicted molar refractivity (Wildman–Crippen MR) is 200 cm³/mol. The van der Waals surface area contributed by atoms with Gasteiger partial charge in [0.2, 0.25) is 17.7 Å². The van der Waals surface area contributed by atoms with Crippen LogP contribution in [-0.2, 0) is 28.0 Å². The van der Waals surface area contributed by atoms with Gasteiger partial charge in [0.1, 0.15) is 12.4 Å². The molecule has 0 spiro atoms. The molecule has 13 heteroatoms. The van der Waals surface area contributed by atoms with Gasteiger partial charge in [-0.15, -0.1) is 0 Å². The summed E-state index contributed by atoms with van der Waals surface area (Å²) in [4.78, 5) is 47.7. The van der Waals surface area contributed by atoms with Crippen LogP contribution in [0.2, 0.25) is 0 Å². The van der Waals surface area contributed by atoms with Crippen LogP contribution in [0.4, 0.5) is 5.69 Å². The molecular weight excluding hydrogens is 670 g/mol. The fraction of sp³-hybridized carbons (Fsp3) is 0.425. The van der Waals surface area contributed by atoms with Gasteiger partial charge in [0, 0.05) is 35.8 Å². The number of fused-ring (bicyclic) bond motifs is 1. The van der Waals surface area contributed by atoms with Crippen molar-refractivity contribution in [2.75, 3.05) is 25.0 Å². The number of carbonyl (C=O) groups is 3. The Bertz CT molecular complexity index is 2110. The second kappa shape index (κ2) is 15.3. The molecule has 1 unspecified atom stereocenters. The summed E-state index contributed by atoms with van der Waals surface area (Å²) < 4.78 is 7.18. The van der Waals surface area contributed by atoms with Crippen molar-refractivity contribution in [3.63, 3.8) is 0 Å². The van der Waals surface area contributed by atoms with Crippen molar-refractivity contribution in [1.29, 1.82) is 0 Å². The Hall–Kier alpha value is -5.43. The van der Waals surface area contributed by atoms with Gasteiger partial charge in [-0.2, -0.15) is 10.1 Å². The zero-order valence-corrected chi connectivity index (χ0v) is 30.8. The molecule has 2 saturated heterocycles. The van der Waals surface area contributed by atoms with Crippen molar-refractivity contribution in [2.45, 2.75) is 90.1 Å². The van der Waals surface area contributed by atoms with Crippen LogP contribution >= 0.6 is 0 Å². The third kappa shape index (κ3) is 8.46. The summed E-state index contributed by atoms with van der Waals surface area (Å²) >= 11 is 0. The van der Waals surface area contributed by atoms with Crippen molar-refractivity contribution in [3.05, 3.63) is 95.0 Å². The van der Waals surface area contributed by atoms with Crippen LogP contribution in [0.15, 0.2) is 65.6 Å². The summed E-state index contributed by atoms with van der Waals surface area (Å²) in [5.41, 5.74) is 8.00. The molecule has 2 fully saturated rings. The molecule has 3 N–H and O–H groups in total. The molecule has 2 aliphatic rings. The van der Waals surface area contributed by atoms with Gasteiger partial charge in [-0.3, -0.25) is 19.7 Å². The van der Waals surface area contributed by atoms with Crippen LogP contribution in [0.5, 0.6) is 0 Å². The molecule has 53 heavy (non-hydrogen) atoms. The molecule has 13 nitrogen and oxygen atoms in total. The number of nitrogens with one attached hydrogen (secondary N) is 3. The van der Waals surface area contributed by atoms with E-state index in [4.69, 9.17) is 4.52 Å². The van der Waals surface area contributed by atoms with E-state index in [1.807, 2.05) is 56.5 Å². The van der Waals surface area contributed by atoms with E-state index in [0.29, 0.717) is 31.2 Å². The largest absolute Gasteiger partial charge is 0.374 e. The number of imide groups is 1. The Morgan fingerprint density at radius 2 is 1.83 bits per heavy atom.